The molecule has 0 saturated heterocycles. The summed E-state index contributed by atoms with van der Waals surface area (Å²) in [7, 11) is -3.50. The molecule has 18 heavy (non-hydrogen) atoms. The van der Waals surface area contributed by atoms with Crippen LogP contribution >= 0.6 is 7.60 Å². The molecule has 1 unspecified atom stereocenters. The molecule has 0 aliphatic heterocycles. The van der Waals surface area contributed by atoms with Gasteiger partial charge in [0.15, 0.2) is 6.10 Å². The Hall–Kier alpha value is -0.820. The first-order valence-electron chi connectivity index (χ1n) is 5.80. The quantitative estimate of drug-likeness (QED) is 0.406. The highest BCUT2D eigenvalue weighted by molar-refractivity contribution is 7.54. The standard InChI is InChI=1S/C12H21O5P/c1-7-11(6)15-12(13)8-18(14,16-9(2)3)17-10(4)5/h1,9-11H,8H2,2-6H3. The lowest BCUT2D eigenvalue weighted by Gasteiger charge is -2.22. The predicted molar refractivity (Wildman–Crippen MR) is 69.3 cm³/mol. The zero-order valence-electron chi connectivity index (χ0n) is 11.5. The van der Waals surface area contributed by atoms with Crippen LogP contribution in [0.5, 0.6) is 0 Å². The van der Waals surface area contributed by atoms with Gasteiger partial charge >= 0.3 is 13.6 Å². The van der Waals surface area contributed by atoms with Crippen LogP contribution in [0.3, 0.4) is 0 Å². The molecule has 0 N–H and O–H groups in total. The van der Waals surface area contributed by atoms with Crippen LogP contribution in [0, 0.1) is 12.3 Å². The van der Waals surface area contributed by atoms with Crippen LogP contribution in [-0.2, 0) is 23.1 Å². The minimum absolute atomic E-state index is 0.313. The monoisotopic (exact) mass is 276 g/mol. The average Bonchev–Trinajstić information content (AvgIpc) is 2.12. The van der Waals surface area contributed by atoms with E-state index in [0.29, 0.717) is 0 Å². The molecule has 0 aromatic rings. The summed E-state index contributed by atoms with van der Waals surface area (Å²) in [5, 5.41) is 0. The van der Waals surface area contributed by atoms with Gasteiger partial charge in [-0.15, -0.1) is 6.42 Å². The number of carbonyl (C=O) groups excluding carboxylic acids is 1. The zero-order chi connectivity index (χ0) is 14.3. The van der Waals surface area contributed by atoms with E-state index >= 15 is 0 Å². The number of ether oxygens (including phenoxy) is 1. The fourth-order valence-electron chi connectivity index (χ4n) is 1.17. The normalized spacial score (nSPS) is 13.4. The zero-order valence-corrected chi connectivity index (χ0v) is 12.4. The number of hydrogen-bond acceptors (Lipinski definition) is 5. The van der Waals surface area contributed by atoms with Gasteiger partial charge in [-0.25, -0.2) is 0 Å². The maximum atomic E-state index is 12.3. The first kappa shape index (κ1) is 17.2. The highest BCUT2D eigenvalue weighted by atomic mass is 31.2. The molecule has 0 saturated carbocycles. The summed E-state index contributed by atoms with van der Waals surface area (Å²) in [5.41, 5.74) is 0. The summed E-state index contributed by atoms with van der Waals surface area (Å²) in [6.45, 7) is 8.41. The Balaban J connectivity index is 4.65. The smallest absolute Gasteiger partial charge is 0.342 e. The van der Waals surface area contributed by atoms with Gasteiger partial charge in [-0.2, -0.15) is 0 Å². The Morgan fingerprint density at radius 1 is 1.17 bits per heavy atom. The fourth-order valence-corrected chi connectivity index (χ4v) is 3.04. The van der Waals surface area contributed by atoms with Gasteiger partial charge in [0.05, 0.1) is 12.2 Å². The lowest BCUT2D eigenvalue weighted by molar-refractivity contribution is -0.143. The van der Waals surface area contributed by atoms with E-state index in [-0.39, 0.29) is 12.2 Å². The van der Waals surface area contributed by atoms with Crippen molar-refractivity contribution in [2.24, 2.45) is 0 Å². The van der Waals surface area contributed by atoms with Gasteiger partial charge in [-0.3, -0.25) is 9.36 Å². The molecule has 0 aliphatic carbocycles. The maximum Gasteiger partial charge on any atom is 0.342 e. The van der Waals surface area contributed by atoms with E-state index in [4.69, 9.17) is 20.2 Å². The van der Waals surface area contributed by atoms with Crippen molar-refractivity contribution in [1.29, 1.82) is 0 Å². The molecule has 0 aliphatic rings. The van der Waals surface area contributed by atoms with E-state index in [1.54, 1.807) is 34.6 Å². The lowest BCUT2D eigenvalue weighted by atomic mass is 10.4. The second-order valence-electron chi connectivity index (χ2n) is 4.38. The molecular formula is C12H21O5P. The first-order chi connectivity index (χ1) is 8.18. The second kappa shape index (κ2) is 7.58. The van der Waals surface area contributed by atoms with Crippen molar-refractivity contribution in [3.63, 3.8) is 0 Å². The van der Waals surface area contributed by atoms with Gasteiger partial charge < -0.3 is 13.8 Å². The van der Waals surface area contributed by atoms with Gasteiger partial charge in [0, 0.05) is 0 Å². The second-order valence-corrected chi connectivity index (χ2v) is 6.34. The highest BCUT2D eigenvalue weighted by Gasteiger charge is 2.32. The summed E-state index contributed by atoms with van der Waals surface area (Å²) in [6, 6.07) is 0. The minimum atomic E-state index is -3.50. The summed E-state index contributed by atoms with van der Waals surface area (Å²) in [4.78, 5) is 11.5. The summed E-state index contributed by atoms with van der Waals surface area (Å²) in [6.07, 6.45) is 3.36. The molecule has 0 fully saturated rings. The van der Waals surface area contributed by atoms with Gasteiger partial charge in [-0.05, 0) is 34.6 Å². The van der Waals surface area contributed by atoms with Crippen LogP contribution in [0.4, 0.5) is 0 Å². The van der Waals surface area contributed by atoms with Crippen LogP contribution in [0.2, 0.25) is 0 Å². The molecule has 0 radical (unpaired) electrons. The minimum Gasteiger partial charge on any atom is -0.449 e. The lowest BCUT2D eigenvalue weighted by Crippen LogP contribution is -2.20. The van der Waals surface area contributed by atoms with Crippen molar-refractivity contribution < 1.29 is 23.1 Å². The van der Waals surface area contributed by atoms with E-state index in [0.717, 1.165) is 0 Å². The topological polar surface area (TPSA) is 61.8 Å². The van der Waals surface area contributed by atoms with Crippen molar-refractivity contribution in [1.82, 2.24) is 0 Å². The number of hydrogen-bond donors (Lipinski definition) is 0. The molecule has 5 nitrogen and oxygen atoms in total. The number of terminal acetylenes is 1. The Bertz CT molecular complexity index is 342. The molecule has 6 heteroatoms. The van der Waals surface area contributed by atoms with Crippen molar-refractivity contribution in [3.05, 3.63) is 0 Å². The maximum absolute atomic E-state index is 12.3. The average molecular weight is 276 g/mol. The molecule has 0 aromatic carbocycles. The van der Waals surface area contributed by atoms with E-state index in [9.17, 15) is 9.36 Å². The first-order valence-corrected chi connectivity index (χ1v) is 7.52. The van der Waals surface area contributed by atoms with Gasteiger partial charge in [0.1, 0.15) is 6.16 Å². The van der Waals surface area contributed by atoms with Gasteiger partial charge in [0.2, 0.25) is 0 Å². The van der Waals surface area contributed by atoms with Crippen LogP contribution in [0.15, 0.2) is 0 Å². The third kappa shape index (κ3) is 7.50. The molecule has 0 spiro atoms. The van der Waals surface area contributed by atoms with Crippen LogP contribution in [0.25, 0.3) is 0 Å². The Labute approximate surface area is 109 Å². The van der Waals surface area contributed by atoms with Crippen LogP contribution in [-0.4, -0.2) is 30.4 Å². The molecule has 0 rings (SSSR count). The SMILES string of the molecule is C#CC(C)OC(=O)CP(=O)(OC(C)C)OC(C)C. The van der Waals surface area contributed by atoms with E-state index in [1.807, 2.05) is 0 Å². The van der Waals surface area contributed by atoms with Crippen molar-refractivity contribution in [3.8, 4) is 12.3 Å². The van der Waals surface area contributed by atoms with Crippen molar-refractivity contribution >= 4 is 13.6 Å². The predicted octanol–water partition coefficient (Wildman–Crippen LogP) is 2.59. The largest absolute Gasteiger partial charge is 0.449 e. The van der Waals surface area contributed by atoms with E-state index < -0.39 is 25.8 Å². The molecular weight excluding hydrogens is 255 g/mol. The Morgan fingerprint density at radius 2 is 1.61 bits per heavy atom. The Kier molecular flexibility index (Phi) is 7.23. The van der Waals surface area contributed by atoms with Crippen LogP contribution < -0.4 is 0 Å². The number of esters is 1. The van der Waals surface area contributed by atoms with Crippen molar-refractivity contribution in [2.45, 2.75) is 52.9 Å². The van der Waals surface area contributed by atoms with E-state index in [2.05, 4.69) is 5.92 Å². The van der Waals surface area contributed by atoms with Crippen LogP contribution in [0.1, 0.15) is 34.6 Å². The fraction of sp³-hybridized carbons (Fsp3) is 0.750. The summed E-state index contributed by atoms with van der Waals surface area (Å²) in [5.74, 6) is 1.56. The summed E-state index contributed by atoms with van der Waals surface area (Å²) >= 11 is 0. The molecule has 104 valence electrons. The molecule has 0 heterocycles. The van der Waals surface area contributed by atoms with Crippen molar-refractivity contribution in [2.75, 3.05) is 6.16 Å². The third-order valence-electron chi connectivity index (χ3n) is 1.61. The van der Waals surface area contributed by atoms with Gasteiger partial charge in [-0.1, -0.05) is 5.92 Å². The third-order valence-corrected chi connectivity index (χ3v) is 3.74. The Morgan fingerprint density at radius 3 is 1.94 bits per heavy atom. The molecule has 0 bridgehead atoms. The molecule has 0 aromatic heterocycles. The van der Waals surface area contributed by atoms with Gasteiger partial charge in [0.25, 0.3) is 0 Å². The van der Waals surface area contributed by atoms with E-state index in [1.165, 1.54) is 0 Å². The highest BCUT2D eigenvalue weighted by Crippen LogP contribution is 2.50. The number of carbonyl (C=O) groups is 1. The summed E-state index contributed by atoms with van der Waals surface area (Å²) < 4.78 is 27.6. The molecule has 1 atom stereocenters. The number of rotatable bonds is 7. The molecule has 0 amide bonds.